The summed E-state index contributed by atoms with van der Waals surface area (Å²) in [5, 5.41) is 8.95. The van der Waals surface area contributed by atoms with Crippen molar-refractivity contribution in [1.82, 2.24) is 4.90 Å². The number of hydrogen-bond acceptors (Lipinski definition) is 2. The van der Waals surface area contributed by atoms with Crippen LogP contribution in [0.2, 0.25) is 0 Å². The maximum Gasteiger partial charge on any atom is 0.128 e. The summed E-state index contributed by atoms with van der Waals surface area (Å²) in [7, 11) is 1.86. The van der Waals surface area contributed by atoms with Crippen LogP contribution in [0.3, 0.4) is 0 Å². The Labute approximate surface area is 97.8 Å². The minimum atomic E-state index is -0.221. The SMILES string of the molecule is CC(CO)N(C)Cc1ccc(Br)cc1F. The molecule has 1 atom stereocenters. The molecule has 1 rings (SSSR count). The van der Waals surface area contributed by atoms with E-state index < -0.39 is 0 Å². The average Bonchev–Trinajstić information content (AvgIpc) is 2.20. The summed E-state index contributed by atoms with van der Waals surface area (Å²) in [4.78, 5) is 1.91. The molecule has 0 spiro atoms. The van der Waals surface area contributed by atoms with Gasteiger partial charge in [0.1, 0.15) is 5.82 Å². The number of aliphatic hydroxyl groups excluding tert-OH is 1. The molecule has 0 aliphatic carbocycles. The maximum absolute atomic E-state index is 13.5. The number of aliphatic hydroxyl groups is 1. The summed E-state index contributed by atoms with van der Waals surface area (Å²) in [6, 6.07) is 5.05. The predicted octanol–water partition coefficient (Wildman–Crippen LogP) is 2.40. The monoisotopic (exact) mass is 275 g/mol. The van der Waals surface area contributed by atoms with Gasteiger partial charge in [0.2, 0.25) is 0 Å². The second-order valence-electron chi connectivity index (χ2n) is 3.68. The van der Waals surface area contributed by atoms with Gasteiger partial charge in [-0.3, -0.25) is 4.90 Å². The predicted molar refractivity (Wildman–Crippen MR) is 62.1 cm³/mol. The molecule has 0 heterocycles. The van der Waals surface area contributed by atoms with Gasteiger partial charge in [-0.25, -0.2) is 4.39 Å². The van der Waals surface area contributed by atoms with Gasteiger partial charge in [-0.05, 0) is 26.1 Å². The molecule has 0 aromatic heterocycles. The van der Waals surface area contributed by atoms with Crippen molar-refractivity contribution >= 4 is 15.9 Å². The Balaban J connectivity index is 2.72. The first-order valence-electron chi connectivity index (χ1n) is 4.79. The van der Waals surface area contributed by atoms with Crippen molar-refractivity contribution in [2.75, 3.05) is 13.7 Å². The molecule has 0 aliphatic rings. The fraction of sp³-hybridized carbons (Fsp3) is 0.455. The molecule has 0 saturated heterocycles. The summed E-state index contributed by atoms with van der Waals surface area (Å²) in [6.07, 6.45) is 0. The summed E-state index contributed by atoms with van der Waals surface area (Å²) < 4.78 is 14.2. The van der Waals surface area contributed by atoms with Gasteiger partial charge in [0.15, 0.2) is 0 Å². The second-order valence-corrected chi connectivity index (χ2v) is 4.60. The molecular formula is C11H15BrFNO. The van der Waals surface area contributed by atoms with Gasteiger partial charge in [-0.2, -0.15) is 0 Å². The van der Waals surface area contributed by atoms with Crippen molar-refractivity contribution in [3.05, 3.63) is 34.1 Å². The lowest BCUT2D eigenvalue weighted by Crippen LogP contribution is -2.31. The molecule has 4 heteroatoms. The van der Waals surface area contributed by atoms with Gasteiger partial charge in [-0.1, -0.05) is 22.0 Å². The third kappa shape index (κ3) is 3.55. The highest BCUT2D eigenvalue weighted by Crippen LogP contribution is 2.16. The molecule has 1 aromatic rings. The smallest absolute Gasteiger partial charge is 0.128 e. The molecule has 2 nitrogen and oxygen atoms in total. The molecule has 15 heavy (non-hydrogen) atoms. The minimum Gasteiger partial charge on any atom is -0.395 e. The van der Waals surface area contributed by atoms with E-state index in [-0.39, 0.29) is 18.5 Å². The number of halogens is 2. The fourth-order valence-electron chi connectivity index (χ4n) is 1.21. The van der Waals surface area contributed by atoms with Crippen LogP contribution in [0.5, 0.6) is 0 Å². The number of rotatable bonds is 4. The highest BCUT2D eigenvalue weighted by Gasteiger charge is 2.10. The minimum absolute atomic E-state index is 0.0352. The molecule has 84 valence electrons. The molecule has 0 radical (unpaired) electrons. The molecule has 0 amide bonds. The van der Waals surface area contributed by atoms with Gasteiger partial charge in [0.25, 0.3) is 0 Å². The first-order valence-corrected chi connectivity index (χ1v) is 5.59. The number of nitrogens with zero attached hydrogens (tertiary/aromatic N) is 1. The summed E-state index contributed by atoms with van der Waals surface area (Å²) in [6.45, 7) is 2.48. The van der Waals surface area contributed by atoms with Crippen LogP contribution in [0, 0.1) is 5.82 Å². The highest BCUT2D eigenvalue weighted by atomic mass is 79.9. The van der Waals surface area contributed by atoms with Crippen LogP contribution in [-0.2, 0) is 6.54 Å². The van der Waals surface area contributed by atoms with Crippen LogP contribution >= 0.6 is 15.9 Å². The van der Waals surface area contributed by atoms with Crippen molar-refractivity contribution in [3.8, 4) is 0 Å². The first kappa shape index (κ1) is 12.6. The van der Waals surface area contributed by atoms with E-state index in [9.17, 15) is 4.39 Å². The Morgan fingerprint density at radius 2 is 2.20 bits per heavy atom. The zero-order valence-corrected chi connectivity index (χ0v) is 10.5. The summed E-state index contributed by atoms with van der Waals surface area (Å²) >= 11 is 3.21. The standard InChI is InChI=1S/C11H15BrFNO/c1-8(7-15)14(2)6-9-3-4-10(12)5-11(9)13/h3-5,8,15H,6-7H2,1-2H3. The second kappa shape index (κ2) is 5.58. The van der Waals surface area contributed by atoms with E-state index in [1.54, 1.807) is 6.07 Å². The van der Waals surface area contributed by atoms with Gasteiger partial charge in [0, 0.05) is 22.6 Å². The van der Waals surface area contributed by atoms with Gasteiger partial charge in [0.05, 0.1) is 6.61 Å². The van der Waals surface area contributed by atoms with E-state index in [0.717, 1.165) is 4.47 Å². The van der Waals surface area contributed by atoms with Crippen LogP contribution in [0.4, 0.5) is 4.39 Å². The fourth-order valence-corrected chi connectivity index (χ4v) is 1.55. The Bertz CT molecular complexity index is 332. The molecule has 0 fully saturated rings. The number of hydrogen-bond donors (Lipinski definition) is 1. The normalized spacial score (nSPS) is 13.2. The number of benzene rings is 1. The third-order valence-corrected chi connectivity index (χ3v) is 2.94. The van der Waals surface area contributed by atoms with Crippen molar-refractivity contribution < 1.29 is 9.50 Å². The van der Waals surface area contributed by atoms with Crippen molar-refractivity contribution in [2.45, 2.75) is 19.5 Å². The topological polar surface area (TPSA) is 23.5 Å². The lowest BCUT2D eigenvalue weighted by atomic mass is 10.2. The zero-order chi connectivity index (χ0) is 11.4. The van der Waals surface area contributed by atoms with Crippen molar-refractivity contribution in [1.29, 1.82) is 0 Å². The number of likely N-dealkylation sites (N-methyl/N-ethyl adjacent to an activating group) is 1. The molecule has 0 aliphatic heterocycles. The zero-order valence-electron chi connectivity index (χ0n) is 8.87. The van der Waals surface area contributed by atoms with Gasteiger partial charge >= 0.3 is 0 Å². The summed E-state index contributed by atoms with van der Waals surface area (Å²) in [5.41, 5.74) is 0.640. The van der Waals surface area contributed by atoms with Crippen molar-refractivity contribution in [3.63, 3.8) is 0 Å². The molecular weight excluding hydrogens is 261 g/mol. The van der Waals surface area contributed by atoms with Gasteiger partial charge < -0.3 is 5.11 Å². The Morgan fingerprint density at radius 3 is 2.73 bits per heavy atom. The molecule has 0 saturated carbocycles. The Hall–Kier alpha value is -0.450. The maximum atomic E-state index is 13.5. The van der Waals surface area contributed by atoms with E-state index in [2.05, 4.69) is 15.9 Å². The van der Waals surface area contributed by atoms with E-state index in [1.807, 2.05) is 24.9 Å². The first-order chi connectivity index (χ1) is 7.04. The van der Waals surface area contributed by atoms with Crippen molar-refractivity contribution in [2.24, 2.45) is 0 Å². The highest BCUT2D eigenvalue weighted by molar-refractivity contribution is 9.10. The van der Waals surface area contributed by atoms with Crippen LogP contribution in [0.25, 0.3) is 0 Å². The lowest BCUT2D eigenvalue weighted by molar-refractivity contribution is 0.153. The van der Waals surface area contributed by atoms with E-state index >= 15 is 0 Å². The third-order valence-electron chi connectivity index (χ3n) is 2.45. The van der Waals surface area contributed by atoms with Crippen LogP contribution in [0.15, 0.2) is 22.7 Å². The summed E-state index contributed by atoms with van der Waals surface area (Å²) in [5.74, 6) is -0.221. The van der Waals surface area contributed by atoms with E-state index in [4.69, 9.17) is 5.11 Å². The van der Waals surface area contributed by atoms with E-state index in [1.165, 1.54) is 6.07 Å². The lowest BCUT2D eigenvalue weighted by Gasteiger charge is -2.22. The van der Waals surface area contributed by atoms with Gasteiger partial charge in [-0.15, -0.1) is 0 Å². The van der Waals surface area contributed by atoms with E-state index in [0.29, 0.717) is 12.1 Å². The Morgan fingerprint density at radius 1 is 1.53 bits per heavy atom. The van der Waals surface area contributed by atoms with Crippen LogP contribution in [-0.4, -0.2) is 29.7 Å². The molecule has 1 unspecified atom stereocenters. The Kier molecular flexibility index (Phi) is 4.70. The molecule has 1 N–H and O–H groups in total. The quantitative estimate of drug-likeness (QED) is 0.912. The average molecular weight is 276 g/mol. The van der Waals surface area contributed by atoms with Crippen LogP contribution < -0.4 is 0 Å². The largest absolute Gasteiger partial charge is 0.395 e. The molecule has 1 aromatic carbocycles. The van der Waals surface area contributed by atoms with Crippen LogP contribution in [0.1, 0.15) is 12.5 Å². The molecule has 0 bridgehead atoms.